The van der Waals surface area contributed by atoms with Crippen LogP contribution in [-0.2, 0) is 6.42 Å². The van der Waals surface area contributed by atoms with Gasteiger partial charge in [-0.1, -0.05) is 37.3 Å². The van der Waals surface area contributed by atoms with E-state index in [-0.39, 0.29) is 17.5 Å². The summed E-state index contributed by atoms with van der Waals surface area (Å²) in [5, 5.41) is 10.3. The summed E-state index contributed by atoms with van der Waals surface area (Å²) in [6.45, 7) is 2.07. The van der Waals surface area contributed by atoms with Gasteiger partial charge in [-0.25, -0.2) is 9.07 Å². The Kier molecular flexibility index (Phi) is 4.16. The summed E-state index contributed by atoms with van der Waals surface area (Å²) < 4.78 is 15.2. The lowest BCUT2D eigenvalue weighted by Crippen LogP contribution is -2.19. The lowest BCUT2D eigenvalue weighted by atomic mass is 9.87. The molecular formula is C24H20FN3O. The maximum Gasteiger partial charge on any atom is 0.168 e. The highest BCUT2D eigenvalue weighted by Crippen LogP contribution is 2.34. The first-order chi connectivity index (χ1) is 14.1. The Bertz CT molecular complexity index is 1230. The second-order valence-corrected chi connectivity index (χ2v) is 7.68. The number of nitrogens with one attached hydrogen (secondary N) is 1. The molecule has 5 rings (SSSR count). The quantitative estimate of drug-likeness (QED) is 0.494. The minimum atomic E-state index is -0.297. The molecule has 1 aliphatic rings. The molecule has 0 fully saturated rings. The zero-order valence-electron chi connectivity index (χ0n) is 16.0. The smallest absolute Gasteiger partial charge is 0.168 e. The monoisotopic (exact) mass is 385 g/mol. The second kappa shape index (κ2) is 6.85. The van der Waals surface area contributed by atoms with E-state index in [9.17, 15) is 9.18 Å². The van der Waals surface area contributed by atoms with Gasteiger partial charge in [0.15, 0.2) is 11.6 Å². The predicted octanol–water partition coefficient (Wildman–Crippen LogP) is 5.67. The number of carbonyl (C=O) groups is 1. The van der Waals surface area contributed by atoms with Crippen molar-refractivity contribution in [3.63, 3.8) is 0 Å². The first-order valence-corrected chi connectivity index (χ1v) is 9.75. The number of nitrogens with zero attached hydrogens (tertiary/aromatic N) is 2. The molecule has 1 aromatic heterocycles. The number of hydrogen-bond donors (Lipinski definition) is 1. The molecule has 3 aromatic carbocycles. The minimum absolute atomic E-state index is 0.0930. The van der Waals surface area contributed by atoms with Crippen molar-refractivity contribution in [1.29, 1.82) is 0 Å². The number of Topliss-reactive ketones (excluding diaryl/α,β-unsaturated/α-hetero) is 1. The van der Waals surface area contributed by atoms with Gasteiger partial charge in [0, 0.05) is 12.1 Å². The van der Waals surface area contributed by atoms with Crippen LogP contribution in [0, 0.1) is 11.7 Å². The van der Waals surface area contributed by atoms with Crippen molar-refractivity contribution in [2.24, 2.45) is 5.92 Å². The molecule has 0 saturated carbocycles. The van der Waals surface area contributed by atoms with Crippen LogP contribution >= 0.6 is 0 Å². The SMILES string of the molecule is C[C@@H]1CC(=O)c2c(Nc3ccc4ccccc4c3)nn(-c3ccc(F)cc3)c2C1. The van der Waals surface area contributed by atoms with Crippen LogP contribution in [0.5, 0.6) is 0 Å². The number of anilines is 2. The van der Waals surface area contributed by atoms with Gasteiger partial charge in [0.05, 0.1) is 16.9 Å². The van der Waals surface area contributed by atoms with E-state index in [2.05, 4.69) is 30.4 Å². The highest BCUT2D eigenvalue weighted by Gasteiger charge is 2.31. The van der Waals surface area contributed by atoms with Gasteiger partial charge in [-0.15, -0.1) is 5.10 Å². The van der Waals surface area contributed by atoms with Crippen LogP contribution in [0.4, 0.5) is 15.9 Å². The molecule has 1 atom stereocenters. The Labute approximate surface area is 168 Å². The Balaban J connectivity index is 1.61. The summed E-state index contributed by atoms with van der Waals surface area (Å²) in [5.74, 6) is 0.597. The maximum atomic E-state index is 13.4. The molecule has 0 aliphatic heterocycles. The maximum absolute atomic E-state index is 13.4. The number of halogens is 1. The molecule has 4 nitrogen and oxygen atoms in total. The van der Waals surface area contributed by atoms with Crippen LogP contribution in [-0.4, -0.2) is 15.6 Å². The van der Waals surface area contributed by atoms with Crippen LogP contribution in [0.15, 0.2) is 66.7 Å². The van der Waals surface area contributed by atoms with E-state index < -0.39 is 0 Å². The Morgan fingerprint density at radius 3 is 2.55 bits per heavy atom. The average Bonchev–Trinajstić information content (AvgIpc) is 3.07. The van der Waals surface area contributed by atoms with Crippen molar-refractivity contribution in [3.05, 3.63) is 83.8 Å². The van der Waals surface area contributed by atoms with Crippen molar-refractivity contribution in [2.75, 3.05) is 5.32 Å². The molecule has 1 aliphatic carbocycles. The number of benzene rings is 3. The van der Waals surface area contributed by atoms with E-state index in [0.717, 1.165) is 34.3 Å². The summed E-state index contributed by atoms with van der Waals surface area (Å²) in [5.41, 5.74) is 3.14. The third kappa shape index (κ3) is 3.18. The third-order valence-corrected chi connectivity index (χ3v) is 5.42. The van der Waals surface area contributed by atoms with E-state index in [0.29, 0.717) is 17.8 Å². The van der Waals surface area contributed by atoms with Crippen LogP contribution < -0.4 is 5.32 Å². The van der Waals surface area contributed by atoms with Crippen LogP contribution in [0.25, 0.3) is 16.5 Å². The molecule has 144 valence electrons. The molecule has 29 heavy (non-hydrogen) atoms. The van der Waals surface area contributed by atoms with Gasteiger partial charge in [0.1, 0.15) is 5.82 Å². The van der Waals surface area contributed by atoms with E-state index >= 15 is 0 Å². The van der Waals surface area contributed by atoms with Gasteiger partial charge < -0.3 is 5.32 Å². The predicted molar refractivity (Wildman–Crippen MR) is 113 cm³/mol. The molecular weight excluding hydrogens is 365 g/mol. The number of carbonyl (C=O) groups excluding carboxylic acids is 1. The number of fused-ring (bicyclic) bond motifs is 2. The fraction of sp³-hybridized carbons (Fsp3) is 0.167. The van der Waals surface area contributed by atoms with Crippen molar-refractivity contribution < 1.29 is 9.18 Å². The first kappa shape index (κ1) is 17.6. The van der Waals surface area contributed by atoms with Gasteiger partial charge in [-0.05, 0) is 59.5 Å². The summed E-state index contributed by atoms with van der Waals surface area (Å²) in [7, 11) is 0. The third-order valence-electron chi connectivity index (χ3n) is 5.42. The molecule has 4 aromatic rings. The fourth-order valence-corrected chi connectivity index (χ4v) is 4.04. The summed E-state index contributed by atoms with van der Waals surface area (Å²) in [4.78, 5) is 12.9. The normalized spacial score (nSPS) is 16.1. The van der Waals surface area contributed by atoms with Gasteiger partial charge in [-0.2, -0.15) is 0 Å². The van der Waals surface area contributed by atoms with Crippen LogP contribution in [0.1, 0.15) is 29.4 Å². The van der Waals surface area contributed by atoms with Crippen molar-refractivity contribution in [1.82, 2.24) is 9.78 Å². The Morgan fingerprint density at radius 2 is 1.76 bits per heavy atom. The average molecular weight is 385 g/mol. The van der Waals surface area contributed by atoms with Crippen LogP contribution in [0.2, 0.25) is 0 Å². The lowest BCUT2D eigenvalue weighted by molar-refractivity contribution is 0.0953. The number of hydrogen-bond acceptors (Lipinski definition) is 3. The Morgan fingerprint density at radius 1 is 1.00 bits per heavy atom. The molecule has 0 unspecified atom stereocenters. The summed E-state index contributed by atoms with van der Waals surface area (Å²) >= 11 is 0. The second-order valence-electron chi connectivity index (χ2n) is 7.68. The van der Waals surface area contributed by atoms with Gasteiger partial charge in [0.2, 0.25) is 0 Å². The van der Waals surface area contributed by atoms with E-state index in [1.165, 1.54) is 12.1 Å². The fourth-order valence-electron chi connectivity index (χ4n) is 4.04. The Hall–Kier alpha value is -3.47. The highest BCUT2D eigenvalue weighted by molar-refractivity contribution is 6.03. The standard InChI is InChI=1S/C24H20FN3O/c1-15-12-21-23(22(29)13-15)24(27-28(21)20-10-7-18(25)8-11-20)26-19-9-6-16-4-2-3-5-17(16)14-19/h2-11,14-15H,12-13H2,1H3,(H,26,27)/t15-/m0/s1. The molecule has 0 saturated heterocycles. The largest absolute Gasteiger partial charge is 0.338 e. The zero-order valence-corrected chi connectivity index (χ0v) is 16.0. The molecule has 0 radical (unpaired) electrons. The van der Waals surface area contributed by atoms with E-state index in [4.69, 9.17) is 5.10 Å². The number of ketones is 1. The van der Waals surface area contributed by atoms with Gasteiger partial charge in [-0.3, -0.25) is 4.79 Å². The lowest BCUT2D eigenvalue weighted by Gasteiger charge is -2.19. The summed E-state index contributed by atoms with van der Waals surface area (Å²) in [6, 6.07) is 20.4. The van der Waals surface area contributed by atoms with E-state index in [1.54, 1.807) is 16.8 Å². The number of aromatic nitrogens is 2. The summed E-state index contributed by atoms with van der Waals surface area (Å²) in [6.07, 6.45) is 1.26. The van der Waals surface area contributed by atoms with Crippen molar-refractivity contribution >= 4 is 28.1 Å². The van der Waals surface area contributed by atoms with Gasteiger partial charge in [0.25, 0.3) is 0 Å². The molecule has 1 N–H and O–H groups in total. The molecule has 0 amide bonds. The van der Waals surface area contributed by atoms with E-state index in [1.807, 2.05) is 24.3 Å². The molecule has 1 heterocycles. The van der Waals surface area contributed by atoms with Crippen molar-refractivity contribution in [2.45, 2.75) is 19.8 Å². The van der Waals surface area contributed by atoms with Crippen molar-refractivity contribution in [3.8, 4) is 5.69 Å². The first-order valence-electron chi connectivity index (χ1n) is 9.75. The van der Waals surface area contributed by atoms with Gasteiger partial charge >= 0.3 is 0 Å². The molecule has 0 bridgehead atoms. The highest BCUT2D eigenvalue weighted by atomic mass is 19.1. The zero-order chi connectivity index (χ0) is 20.0. The topological polar surface area (TPSA) is 46.9 Å². The number of rotatable bonds is 3. The minimum Gasteiger partial charge on any atom is -0.338 e. The molecule has 0 spiro atoms. The van der Waals surface area contributed by atoms with Crippen LogP contribution in [0.3, 0.4) is 0 Å². The molecule has 5 heteroatoms.